The molecule has 1 atom stereocenters. The van der Waals surface area contributed by atoms with Crippen molar-refractivity contribution in [1.82, 2.24) is 9.80 Å². The number of urea groups is 1. The van der Waals surface area contributed by atoms with Crippen molar-refractivity contribution in [3.05, 3.63) is 0 Å². The molecule has 1 rings (SSSR count). The van der Waals surface area contributed by atoms with Crippen LogP contribution in [-0.4, -0.2) is 78.4 Å². The Kier molecular flexibility index (Phi) is 6.93. The van der Waals surface area contributed by atoms with Crippen molar-refractivity contribution in [1.29, 1.82) is 0 Å². The summed E-state index contributed by atoms with van der Waals surface area (Å²) in [7, 11) is 0. The van der Waals surface area contributed by atoms with E-state index in [2.05, 4.69) is 0 Å². The van der Waals surface area contributed by atoms with Gasteiger partial charge in [-0.1, -0.05) is 6.92 Å². The molecule has 1 heterocycles. The lowest BCUT2D eigenvalue weighted by atomic mass is 10.3. The molecular formula is C13H22N2O6. The highest BCUT2D eigenvalue weighted by molar-refractivity contribution is 5.82. The van der Waals surface area contributed by atoms with Crippen LogP contribution in [0.4, 0.5) is 4.79 Å². The second-order valence-electron chi connectivity index (χ2n) is 4.65. The summed E-state index contributed by atoms with van der Waals surface area (Å²) in [6.45, 7) is 4.59. The van der Waals surface area contributed by atoms with Crippen LogP contribution in [0.1, 0.15) is 20.3 Å². The fourth-order valence-electron chi connectivity index (χ4n) is 2.05. The lowest BCUT2D eigenvalue weighted by molar-refractivity contribution is -0.155. The van der Waals surface area contributed by atoms with Gasteiger partial charge in [0, 0.05) is 13.1 Å². The number of esters is 1. The molecule has 0 aliphatic carbocycles. The number of carbonyl (C=O) groups excluding carboxylic acids is 2. The molecule has 1 unspecified atom stereocenters. The number of carboxylic acid groups (broad SMARTS) is 1. The van der Waals surface area contributed by atoms with Gasteiger partial charge in [0.15, 0.2) is 6.10 Å². The minimum atomic E-state index is -1.10. The van der Waals surface area contributed by atoms with Gasteiger partial charge in [-0.15, -0.1) is 0 Å². The van der Waals surface area contributed by atoms with Gasteiger partial charge in [-0.3, -0.25) is 4.79 Å². The molecule has 120 valence electrons. The molecule has 1 aliphatic heterocycles. The number of carboxylic acids is 1. The Balaban J connectivity index is 2.66. The summed E-state index contributed by atoms with van der Waals surface area (Å²) >= 11 is 0. The molecule has 0 aromatic rings. The van der Waals surface area contributed by atoms with Crippen molar-refractivity contribution in [2.24, 2.45) is 0 Å². The van der Waals surface area contributed by atoms with Gasteiger partial charge in [-0.05, 0) is 13.3 Å². The molecule has 1 aliphatic rings. The quantitative estimate of drug-likeness (QED) is 0.702. The number of carbonyl (C=O) groups is 3. The molecule has 0 aromatic carbocycles. The Morgan fingerprint density at radius 1 is 1.38 bits per heavy atom. The molecule has 0 saturated carbocycles. The van der Waals surface area contributed by atoms with Crippen LogP contribution in [0.25, 0.3) is 0 Å². The average molecular weight is 302 g/mol. The SMILES string of the molecule is CCCN(CC(=O)OCC)C(=O)N1CCOC(C(=O)O)C1. The number of nitrogens with zero attached hydrogens (tertiary/aromatic N) is 2. The van der Waals surface area contributed by atoms with Crippen LogP contribution in [0, 0.1) is 0 Å². The number of aliphatic carboxylic acids is 1. The van der Waals surface area contributed by atoms with Gasteiger partial charge >= 0.3 is 18.0 Å². The molecule has 0 aromatic heterocycles. The van der Waals surface area contributed by atoms with Gasteiger partial charge in [0.05, 0.1) is 19.8 Å². The van der Waals surface area contributed by atoms with Crippen molar-refractivity contribution in [3.63, 3.8) is 0 Å². The predicted octanol–water partition coefficient (Wildman–Crippen LogP) is 0.167. The summed E-state index contributed by atoms with van der Waals surface area (Å²) in [4.78, 5) is 37.6. The Hall–Kier alpha value is -1.83. The highest BCUT2D eigenvalue weighted by Gasteiger charge is 2.31. The van der Waals surface area contributed by atoms with E-state index in [1.807, 2.05) is 6.92 Å². The molecule has 8 heteroatoms. The van der Waals surface area contributed by atoms with Gasteiger partial charge in [-0.25, -0.2) is 9.59 Å². The number of morpholine rings is 1. The van der Waals surface area contributed by atoms with Crippen LogP contribution >= 0.6 is 0 Å². The maximum Gasteiger partial charge on any atom is 0.334 e. The van der Waals surface area contributed by atoms with Crippen LogP contribution < -0.4 is 0 Å². The molecule has 21 heavy (non-hydrogen) atoms. The van der Waals surface area contributed by atoms with Crippen LogP contribution in [0.3, 0.4) is 0 Å². The summed E-state index contributed by atoms with van der Waals surface area (Å²) in [5, 5.41) is 8.94. The molecule has 0 radical (unpaired) electrons. The smallest absolute Gasteiger partial charge is 0.334 e. The molecule has 0 spiro atoms. The molecule has 1 fully saturated rings. The number of hydrogen-bond donors (Lipinski definition) is 1. The number of rotatable bonds is 6. The zero-order valence-corrected chi connectivity index (χ0v) is 12.4. The lowest BCUT2D eigenvalue weighted by Crippen LogP contribution is -2.53. The van der Waals surface area contributed by atoms with Crippen molar-refractivity contribution < 1.29 is 29.0 Å². The first kappa shape index (κ1) is 17.2. The number of ether oxygens (including phenoxy) is 2. The summed E-state index contributed by atoms with van der Waals surface area (Å²) < 4.78 is 9.92. The van der Waals surface area contributed by atoms with Crippen LogP contribution in [0.2, 0.25) is 0 Å². The third kappa shape index (κ3) is 5.22. The van der Waals surface area contributed by atoms with Gasteiger partial charge in [0.1, 0.15) is 6.54 Å². The molecule has 8 nitrogen and oxygen atoms in total. The van der Waals surface area contributed by atoms with Crippen molar-refractivity contribution >= 4 is 18.0 Å². The van der Waals surface area contributed by atoms with E-state index in [4.69, 9.17) is 14.6 Å². The van der Waals surface area contributed by atoms with E-state index in [0.717, 1.165) is 0 Å². The Bertz CT molecular complexity index is 387. The van der Waals surface area contributed by atoms with E-state index in [1.54, 1.807) is 6.92 Å². The second kappa shape index (κ2) is 8.46. The first-order valence-electron chi connectivity index (χ1n) is 7.03. The largest absolute Gasteiger partial charge is 0.479 e. The monoisotopic (exact) mass is 302 g/mol. The normalized spacial score (nSPS) is 18.2. The minimum absolute atomic E-state index is 0.0167. The third-order valence-electron chi connectivity index (χ3n) is 3.00. The predicted molar refractivity (Wildman–Crippen MR) is 72.8 cm³/mol. The van der Waals surface area contributed by atoms with E-state index in [9.17, 15) is 14.4 Å². The average Bonchev–Trinajstić information content (AvgIpc) is 2.46. The maximum absolute atomic E-state index is 12.4. The summed E-state index contributed by atoms with van der Waals surface area (Å²) in [6.07, 6.45) is -0.327. The Labute approximate surface area is 123 Å². The molecule has 0 bridgehead atoms. The highest BCUT2D eigenvalue weighted by Crippen LogP contribution is 2.09. The van der Waals surface area contributed by atoms with E-state index in [0.29, 0.717) is 19.5 Å². The Morgan fingerprint density at radius 3 is 2.67 bits per heavy atom. The zero-order chi connectivity index (χ0) is 15.8. The van der Waals surface area contributed by atoms with E-state index in [1.165, 1.54) is 9.80 Å². The number of hydrogen-bond acceptors (Lipinski definition) is 5. The lowest BCUT2D eigenvalue weighted by Gasteiger charge is -2.34. The Morgan fingerprint density at radius 2 is 2.10 bits per heavy atom. The second-order valence-corrected chi connectivity index (χ2v) is 4.65. The van der Waals surface area contributed by atoms with E-state index < -0.39 is 18.0 Å². The highest BCUT2D eigenvalue weighted by atomic mass is 16.5. The zero-order valence-electron chi connectivity index (χ0n) is 12.4. The van der Waals surface area contributed by atoms with Crippen LogP contribution in [0.5, 0.6) is 0 Å². The van der Waals surface area contributed by atoms with Crippen LogP contribution in [0.15, 0.2) is 0 Å². The van der Waals surface area contributed by atoms with Gasteiger partial charge in [0.2, 0.25) is 0 Å². The first-order chi connectivity index (χ1) is 9.99. The fraction of sp³-hybridized carbons (Fsp3) is 0.769. The minimum Gasteiger partial charge on any atom is -0.479 e. The molecule has 2 amide bonds. The first-order valence-corrected chi connectivity index (χ1v) is 7.03. The summed E-state index contributed by atoms with van der Waals surface area (Å²) in [5.41, 5.74) is 0. The third-order valence-corrected chi connectivity index (χ3v) is 3.00. The fourth-order valence-corrected chi connectivity index (χ4v) is 2.05. The van der Waals surface area contributed by atoms with Crippen molar-refractivity contribution in [3.8, 4) is 0 Å². The van der Waals surface area contributed by atoms with Gasteiger partial charge in [-0.2, -0.15) is 0 Å². The van der Waals surface area contributed by atoms with E-state index >= 15 is 0 Å². The van der Waals surface area contributed by atoms with Gasteiger partial charge < -0.3 is 24.4 Å². The number of amides is 2. The van der Waals surface area contributed by atoms with Crippen molar-refractivity contribution in [2.45, 2.75) is 26.4 Å². The molecule has 1 N–H and O–H groups in total. The maximum atomic E-state index is 12.4. The van der Waals surface area contributed by atoms with Gasteiger partial charge in [0.25, 0.3) is 0 Å². The van der Waals surface area contributed by atoms with Crippen LogP contribution in [-0.2, 0) is 19.1 Å². The molecular weight excluding hydrogens is 280 g/mol. The van der Waals surface area contributed by atoms with E-state index in [-0.39, 0.29) is 32.3 Å². The summed E-state index contributed by atoms with van der Waals surface area (Å²) in [6, 6.07) is -0.362. The summed E-state index contributed by atoms with van der Waals surface area (Å²) in [5.74, 6) is -1.57. The van der Waals surface area contributed by atoms with Crippen molar-refractivity contribution in [2.75, 3.05) is 39.4 Å². The molecule has 1 saturated heterocycles. The standard InChI is InChI=1S/C13H22N2O6/c1-3-5-14(9-11(16)20-4-2)13(19)15-6-7-21-10(8-15)12(17)18/h10H,3-9H2,1-2H3,(H,17,18). The topological polar surface area (TPSA) is 96.4 Å².